The van der Waals surface area contributed by atoms with E-state index in [1.54, 1.807) is 4.57 Å². The summed E-state index contributed by atoms with van der Waals surface area (Å²) in [5.41, 5.74) is 12.2. The first-order chi connectivity index (χ1) is 28.5. The molecule has 0 spiro atoms. The fourth-order valence-electron chi connectivity index (χ4n) is 8.08. The number of ether oxygens (including phenoxy) is 1. The Kier molecular flexibility index (Phi) is 8.56. The van der Waals surface area contributed by atoms with Crippen LogP contribution in [0.3, 0.4) is 0 Å². The molecular weight excluding hydrogens is 880 g/mol. The number of rotatable bonds is 5. The molecule has 0 unspecified atom stereocenters. The maximum Gasteiger partial charge on any atom is 0.242 e. The Morgan fingerprint density at radius 3 is 2.30 bits per heavy atom. The Bertz CT molecular complexity index is 3070. The first kappa shape index (κ1) is 33.4. The summed E-state index contributed by atoms with van der Waals surface area (Å²) in [5, 5.41) is 2.15. The van der Waals surface area contributed by atoms with E-state index in [9.17, 15) is 0 Å². The molecule has 5 nitrogen and oxygen atoms in total. The number of imidazole rings is 1. The summed E-state index contributed by atoms with van der Waals surface area (Å²) in [6.45, 7) is 4.14. The Hall–Kier alpha value is -5.77. The molecule has 4 bridgehead atoms. The van der Waals surface area contributed by atoms with E-state index in [4.69, 9.17) is 13.8 Å². The van der Waals surface area contributed by atoms with Crippen LogP contribution in [0, 0.1) is 18.5 Å². The van der Waals surface area contributed by atoms with E-state index in [-0.39, 0.29) is 26.5 Å². The Morgan fingerprint density at radius 1 is 0.702 bits per heavy atom. The van der Waals surface area contributed by atoms with Crippen molar-refractivity contribution >= 4 is 32.8 Å². The van der Waals surface area contributed by atoms with Crippen molar-refractivity contribution in [2.24, 2.45) is 6.98 Å². The molecule has 0 radical (unpaired) electrons. The number of hydrogen-bond donors (Lipinski definition) is 0. The molecule has 0 atom stereocenters. The molecule has 4 aliphatic carbocycles. The zero-order chi connectivity index (χ0) is 40.5. The van der Waals surface area contributed by atoms with Crippen molar-refractivity contribution in [3.63, 3.8) is 0 Å². The van der Waals surface area contributed by atoms with Crippen molar-refractivity contribution in [3.8, 4) is 34.1 Å². The van der Waals surface area contributed by atoms with Crippen LogP contribution in [0.4, 0.5) is 0 Å². The molecule has 0 fully saturated rings. The van der Waals surface area contributed by atoms with Crippen LogP contribution in [0.5, 0.6) is 11.5 Å². The molecular formula is C51H42N4OPt-2. The molecule has 0 saturated heterocycles. The van der Waals surface area contributed by atoms with Crippen LogP contribution in [-0.4, -0.2) is 14.1 Å². The summed E-state index contributed by atoms with van der Waals surface area (Å²) in [6, 6.07) is 50.9. The quantitative estimate of drug-likeness (QED) is 0.127. The third kappa shape index (κ3) is 6.89. The van der Waals surface area contributed by atoms with Gasteiger partial charge in [0.15, 0.2) is 0 Å². The van der Waals surface area contributed by atoms with Gasteiger partial charge in [-0.2, -0.15) is 18.2 Å². The topological polar surface area (TPSA) is 35.9 Å². The van der Waals surface area contributed by atoms with Gasteiger partial charge in [0.05, 0.1) is 22.1 Å². The maximum absolute atomic E-state index is 8.51. The molecule has 9 aromatic rings. The van der Waals surface area contributed by atoms with Crippen LogP contribution in [0.25, 0.3) is 55.5 Å². The van der Waals surface area contributed by atoms with Gasteiger partial charge in [-0.15, -0.1) is 29.7 Å². The fraction of sp³-hybridized carbons (Fsp3) is 0.176. The maximum atomic E-state index is 8.51. The van der Waals surface area contributed by atoms with Gasteiger partial charge in [-0.1, -0.05) is 111 Å². The third-order valence-corrected chi connectivity index (χ3v) is 11.2. The van der Waals surface area contributed by atoms with Crippen LogP contribution < -0.4 is 9.30 Å². The summed E-state index contributed by atoms with van der Waals surface area (Å²) in [7, 11) is 0. The number of hydrogen-bond acceptors (Lipinski definition) is 2. The summed E-state index contributed by atoms with van der Waals surface area (Å²) in [5.74, 6) is 1.80. The molecule has 3 heterocycles. The number of benzene rings is 6. The number of aromatic nitrogens is 4. The Labute approximate surface area is 352 Å². The normalized spacial score (nSPS) is 13.8. The van der Waals surface area contributed by atoms with E-state index in [1.165, 1.54) is 32.4 Å². The predicted octanol–water partition coefficient (Wildman–Crippen LogP) is 11.0. The molecule has 0 N–H and O–H groups in total. The van der Waals surface area contributed by atoms with Gasteiger partial charge in [-0.25, -0.2) is 4.98 Å². The van der Waals surface area contributed by atoms with Crippen molar-refractivity contribution in [1.82, 2.24) is 14.1 Å². The van der Waals surface area contributed by atoms with Crippen LogP contribution in [0.1, 0.15) is 52.7 Å². The summed E-state index contributed by atoms with van der Waals surface area (Å²) in [6.07, 6.45) is 8.73. The second kappa shape index (κ2) is 14.6. The van der Waals surface area contributed by atoms with Gasteiger partial charge >= 0.3 is 0 Å². The molecule has 4 aliphatic rings. The Morgan fingerprint density at radius 2 is 1.47 bits per heavy atom. The number of para-hydroxylation sites is 1. The Balaban J connectivity index is 0.00000462. The molecule has 6 heteroatoms. The number of aryl methyl sites for hydroxylation is 5. The summed E-state index contributed by atoms with van der Waals surface area (Å²) in [4.78, 5) is 4.80. The molecule has 0 amide bonds. The van der Waals surface area contributed by atoms with Crippen molar-refractivity contribution in [1.29, 1.82) is 0 Å². The molecule has 13 rings (SSSR count). The molecule has 3 aromatic heterocycles. The zero-order valence-electron chi connectivity index (χ0n) is 35.0. The largest absolute Gasteiger partial charge is 0.510 e. The molecule has 0 saturated carbocycles. The van der Waals surface area contributed by atoms with Gasteiger partial charge < -0.3 is 18.4 Å². The van der Waals surface area contributed by atoms with Crippen molar-refractivity contribution in [2.45, 2.75) is 51.9 Å². The third-order valence-electron chi connectivity index (χ3n) is 11.2. The van der Waals surface area contributed by atoms with Gasteiger partial charge in [0.1, 0.15) is 5.82 Å². The standard InChI is InChI=1S/C51H42N4O.Pt/c1-51(2,3)39-26-27-52-50(30-39)55-46-11-6-5-10-43(46)44-24-23-42(32-48(44)55)56-41-9-7-8-40(31-41)54-33-53(4)49-29-38(22-25-47(49)54)45-28-36-17-16-34-12-14-35(15-13-34)18-20-37(45)21-19-36;/h5-15,19,21-30H,16-18,20H2,1-4H3;/q-2;/i4D3;. The second-order valence-corrected chi connectivity index (χ2v) is 15.9. The van der Waals surface area contributed by atoms with Crippen LogP contribution in [0.2, 0.25) is 0 Å². The van der Waals surface area contributed by atoms with E-state index in [0.29, 0.717) is 28.2 Å². The smallest absolute Gasteiger partial charge is 0.242 e. The second-order valence-electron chi connectivity index (χ2n) is 15.9. The van der Waals surface area contributed by atoms with Crippen molar-refractivity contribution in [3.05, 3.63) is 180 Å². The minimum atomic E-state index is -2.46. The average molecular weight is 925 g/mol. The fourth-order valence-corrected chi connectivity index (χ4v) is 8.08. The summed E-state index contributed by atoms with van der Waals surface area (Å²) < 4.78 is 37.2. The van der Waals surface area contributed by atoms with Crippen molar-refractivity contribution < 1.29 is 34.5 Å². The first-order valence-corrected chi connectivity index (χ1v) is 19.3. The van der Waals surface area contributed by atoms with Crippen LogP contribution in [-0.2, 0) is 59.1 Å². The molecule has 6 aromatic carbocycles. The monoisotopic (exact) mass is 924 g/mol. The van der Waals surface area contributed by atoms with E-state index in [2.05, 4.69) is 123 Å². The van der Waals surface area contributed by atoms with E-state index < -0.39 is 6.98 Å². The van der Waals surface area contributed by atoms with E-state index in [0.717, 1.165) is 64.4 Å². The summed E-state index contributed by atoms with van der Waals surface area (Å²) >= 11 is 0. The number of nitrogens with zero attached hydrogens (tertiary/aromatic N) is 4. The van der Waals surface area contributed by atoms with Gasteiger partial charge in [0.2, 0.25) is 6.33 Å². The van der Waals surface area contributed by atoms with E-state index >= 15 is 0 Å². The van der Waals surface area contributed by atoms with Gasteiger partial charge in [-0.3, -0.25) is 0 Å². The SMILES string of the molecule is [2H]C([2H])([2H])[n+]1[c-]n(-c2[c-]c(Oc3[c-]c4c(cc3)c3ccccc3n4-c3cc(C(C)(C)C)ccn3)ccc2)c2ccc(-c3cc4ccc3CCc3ccc(cc3)CC4)cc21.[Pt]. The van der Waals surface area contributed by atoms with E-state index in [1.807, 2.05) is 54.7 Å². The first-order valence-electron chi connectivity index (χ1n) is 20.8. The van der Waals surface area contributed by atoms with Gasteiger partial charge in [0, 0.05) is 44.3 Å². The van der Waals surface area contributed by atoms with Gasteiger partial charge in [-0.05, 0) is 93.6 Å². The molecule has 0 aliphatic heterocycles. The molecule has 284 valence electrons. The average Bonchev–Trinajstić information content (AvgIpc) is 3.78. The number of pyridine rings is 1. The van der Waals surface area contributed by atoms with Crippen LogP contribution in [0.15, 0.2) is 134 Å². The molecule has 57 heavy (non-hydrogen) atoms. The van der Waals surface area contributed by atoms with Gasteiger partial charge in [0.25, 0.3) is 0 Å². The zero-order valence-corrected chi connectivity index (χ0v) is 34.3. The predicted molar refractivity (Wildman–Crippen MR) is 225 cm³/mol. The minimum Gasteiger partial charge on any atom is -0.510 e. The van der Waals surface area contributed by atoms with Crippen molar-refractivity contribution in [2.75, 3.05) is 0 Å². The number of fused-ring (bicyclic) bond motifs is 4. The minimum absolute atomic E-state index is 0. The van der Waals surface area contributed by atoms with Crippen LogP contribution >= 0.6 is 0 Å².